The number of aliphatic carboxylic acids is 1. The Kier molecular flexibility index (Phi) is 3.70. The maximum Gasteiger partial charge on any atom is 0.573 e. The zero-order chi connectivity index (χ0) is 14.0. The topological polar surface area (TPSA) is 58.9 Å². The van der Waals surface area contributed by atoms with Crippen molar-refractivity contribution >= 4 is 22.8 Å². The summed E-state index contributed by atoms with van der Waals surface area (Å²) in [6.45, 7) is 0. The van der Waals surface area contributed by atoms with Crippen LogP contribution in [-0.2, 0) is 4.79 Å². The molecule has 1 atom stereocenters. The second kappa shape index (κ2) is 5.12. The summed E-state index contributed by atoms with van der Waals surface area (Å²) >= 11 is 1.19. The molecular formula is C11H8F3NO3S. The van der Waals surface area contributed by atoms with E-state index < -0.39 is 18.4 Å². The van der Waals surface area contributed by atoms with Gasteiger partial charge in [0.2, 0.25) is 0 Å². The Morgan fingerprint density at radius 1 is 1.47 bits per heavy atom. The van der Waals surface area contributed by atoms with Gasteiger partial charge in [0.15, 0.2) is 6.04 Å². The fourth-order valence-corrected chi connectivity index (χ4v) is 2.51. The molecule has 0 fully saturated rings. The van der Waals surface area contributed by atoms with E-state index in [1.165, 1.54) is 30.0 Å². The van der Waals surface area contributed by atoms with Gasteiger partial charge in [0.05, 0.1) is 5.04 Å². The number of hydrogen-bond acceptors (Lipinski definition) is 4. The van der Waals surface area contributed by atoms with Crippen LogP contribution in [0.5, 0.6) is 5.75 Å². The second-order valence-electron chi connectivity index (χ2n) is 3.67. The monoisotopic (exact) mass is 291 g/mol. The van der Waals surface area contributed by atoms with Gasteiger partial charge < -0.3 is 9.84 Å². The minimum Gasteiger partial charge on any atom is -0.480 e. The molecule has 1 N–H and O–H groups in total. The molecule has 19 heavy (non-hydrogen) atoms. The van der Waals surface area contributed by atoms with Crippen LogP contribution in [0, 0.1) is 0 Å². The molecule has 1 unspecified atom stereocenters. The van der Waals surface area contributed by atoms with Crippen LogP contribution in [0.25, 0.3) is 0 Å². The van der Waals surface area contributed by atoms with Crippen LogP contribution in [0.1, 0.15) is 5.56 Å². The first-order valence-corrected chi connectivity index (χ1v) is 6.13. The molecule has 0 saturated heterocycles. The van der Waals surface area contributed by atoms with Crippen molar-refractivity contribution < 1.29 is 27.8 Å². The van der Waals surface area contributed by atoms with Crippen LogP contribution in [0.15, 0.2) is 29.3 Å². The molecule has 0 radical (unpaired) electrons. The third-order valence-electron chi connectivity index (χ3n) is 2.25. The van der Waals surface area contributed by atoms with E-state index in [1.54, 1.807) is 6.07 Å². The first kappa shape index (κ1) is 13.7. The van der Waals surface area contributed by atoms with Gasteiger partial charge in [-0.2, -0.15) is 0 Å². The Morgan fingerprint density at radius 2 is 2.21 bits per heavy atom. The van der Waals surface area contributed by atoms with Gasteiger partial charge in [-0.3, -0.25) is 4.99 Å². The lowest BCUT2D eigenvalue weighted by atomic mass is 10.2. The number of thioether (sulfide) groups is 1. The Morgan fingerprint density at radius 3 is 2.79 bits per heavy atom. The summed E-state index contributed by atoms with van der Waals surface area (Å²) in [6, 6.07) is 4.45. The van der Waals surface area contributed by atoms with E-state index >= 15 is 0 Å². The minimum absolute atomic E-state index is 0.273. The van der Waals surface area contributed by atoms with E-state index in [0.717, 1.165) is 0 Å². The molecule has 0 aromatic heterocycles. The summed E-state index contributed by atoms with van der Waals surface area (Å²) in [4.78, 5) is 14.7. The predicted octanol–water partition coefficient (Wildman–Crippen LogP) is 2.53. The molecule has 8 heteroatoms. The SMILES string of the molecule is O=C(O)C1CSC(c2cccc(OC(F)(F)F)c2)=N1. The van der Waals surface area contributed by atoms with Gasteiger partial charge in [0, 0.05) is 11.3 Å². The van der Waals surface area contributed by atoms with E-state index in [0.29, 0.717) is 10.6 Å². The number of nitrogens with zero attached hydrogens (tertiary/aromatic N) is 1. The highest BCUT2D eigenvalue weighted by Gasteiger charge is 2.31. The summed E-state index contributed by atoms with van der Waals surface area (Å²) in [7, 11) is 0. The van der Waals surface area contributed by atoms with Crippen LogP contribution < -0.4 is 4.74 Å². The zero-order valence-electron chi connectivity index (χ0n) is 9.35. The maximum absolute atomic E-state index is 12.1. The molecule has 1 aromatic carbocycles. The molecule has 1 aliphatic rings. The Hall–Kier alpha value is -1.70. The smallest absolute Gasteiger partial charge is 0.480 e. The van der Waals surface area contributed by atoms with Crippen molar-refractivity contribution in [2.75, 3.05) is 5.75 Å². The van der Waals surface area contributed by atoms with Crippen molar-refractivity contribution in [2.45, 2.75) is 12.4 Å². The normalized spacial score (nSPS) is 19.1. The minimum atomic E-state index is -4.76. The molecule has 1 aromatic rings. The fraction of sp³-hybridized carbons (Fsp3) is 0.273. The standard InChI is InChI=1S/C11H8F3NO3S/c12-11(13,14)18-7-3-1-2-6(4-7)9-15-8(5-19-9)10(16)17/h1-4,8H,5H2,(H,16,17). The molecule has 0 bridgehead atoms. The van der Waals surface area contributed by atoms with Crippen LogP contribution in [0.3, 0.4) is 0 Å². The van der Waals surface area contributed by atoms with Gasteiger partial charge in [0.25, 0.3) is 0 Å². The molecule has 1 heterocycles. The predicted molar refractivity (Wildman–Crippen MR) is 63.5 cm³/mol. The molecule has 0 spiro atoms. The molecule has 4 nitrogen and oxygen atoms in total. The number of carboxylic acids is 1. The van der Waals surface area contributed by atoms with Crippen molar-refractivity contribution in [1.82, 2.24) is 0 Å². The molecule has 0 aliphatic carbocycles. The average Bonchev–Trinajstić information content (AvgIpc) is 2.76. The van der Waals surface area contributed by atoms with Gasteiger partial charge in [-0.1, -0.05) is 12.1 Å². The second-order valence-corrected chi connectivity index (χ2v) is 4.68. The van der Waals surface area contributed by atoms with Crippen molar-refractivity contribution in [3.8, 4) is 5.75 Å². The van der Waals surface area contributed by atoms with Crippen LogP contribution in [0.4, 0.5) is 13.2 Å². The molecule has 102 valence electrons. The lowest BCUT2D eigenvalue weighted by molar-refractivity contribution is -0.274. The molecule has 2 rings (SSSR count). The lowest BCUT2D eigenvalue weighted by Gasteiger charge is -2.09. The first-order chi connectivity index (χ1) is 8.85. The number of hydrogen-bond donors (Lipinski definition) is 1. The van der Waals surface area contributed by atoms with Crippen LogP contribution >= 0.6 is 11.8 Å². The summed E-state index contributed by atoms with van der Waals surface area (Å²) in [5.41, 5.74) is 0.413. The lowest BCUT2D eigenvalue weighted by Crippen LogP contribution is -2.17. The van der Waals surface area contributed by atoms with Gasteiger partial charge in [-0.05, 0) is 12.1 Å². The van der Waals surface area contributed by atoms with Gasteiger partial charge in [-0.25, -0.2) is 4.79 Å². The summed E-state index contributed by atoms with van der Waals surface area (Å²) < 4.78 is 40.0. The van der Waals surface area contributed by atoms with E-state index in [2.05, 4.69) is 9.73 Å². The Labute approximate surface area is 110 Å². The third kappa shape index (κ3) is 3.63. The largest absolute Gasteiger partial charge is 0.573 e. The number of alkyl halides is 3. The van der Waals surface area contributed by atoms with Crippen molar-refractivity contribution in [3.05, 3.63) is 29.8 Å². The van der Waals surface area contributed by atoms with Gasteiger partial charge in [-0.15, -0.1) is 24.9 Å². The maximum atomic E-state index is 12.1. The molecule has 0 saturated carbocycles. The first-order valence-electron chi connectivity index (χ1n) is 5.15. The van der Waals surface area contributed by atoms with Crippen molar-refractivity contribution in [2.24, 2.45) is 4.99 Å². The van der Waals surface area contributed by atoms with Gasteiger partial charge in [0.1, 0.15) is 5.75 Å². The number of rotatable bonds is 3. The average molecular weight is 291 g/mol. The highest BCUT2D eigenvalue weighted by atomic mass is 32.2. The number of halogens is 3. The van der Waals surface area contributed by atoms with E-state index in [1.807, 2.05) is 0 Å². The van der Waals surface area contributed by atoms with E-state index in [4.69, 9.17) is 5.11 Å². The highest BCUT2D eigenvalue weighted by Crippen LogP contribution is 2.28. The van der Waals surface area contributed by atoms with Crippen molar-refractivity contribution in [1.29, 1.82) is 0 Å². The van der Waals surface area contributed by atoms with Crippen molar-refractivity contribution in [3.63, 3.8) is 0 Å². The van der Waals surface area contributed by atoms with E-state index in [-0.39, 0.29) is 11.5 Å². The number of ether oxygens (including phenoxy) is 1. The van der Waals surface area contributed by atoms with Crippen LogP contribution in [0.2, 0.25) is 0 Å². The number of aliphatic imine (C=N–C) groups is 1. The molecule has 0 amide bonds. The summed E-state index contributed by atoms with van der Waals surface area (Å²) in [5, 5.41) is 9.19. The zero-order valence-corrected chi connectivity index (χ0v) is 10.2. The molecule has 1 aliphatic heterocycles. The summed E-state index contributed by atoms with van der Waals surface area (Å²) in [6.07, 6.45) is -4.76. The highest BCUT2D eigenvalue weighted by molar-refractivity contribution is 8.14. The van der Waals surface area contributed by atoms with E-state index in [9.17, 15) is 18.0 Å². The number of carboxylic acid groups (broad SMARTS) is 1. The fourth-order valence-electron chi connectivity index (χ4n) is 1.48. The van der Waals surface area contributed by atoms with Crippen LogP contribution in [-0.4, -0.2) is 34.3 Å². The molecular weight excluding hydrogens is 283 g/mol. The summed E-state index contributed by atoms with van der Waals surface area (Å²) in [5.74, 6) is -1.13. The number of carbonyl (C=O) groups is 1. The van der Waals surface area contributed by atoms with Gasteiger partial charge >= 0.3 is 12.3 Å². The Balaban J connectivity index is 2.20. The number of benzene rings is 1. The third-order valence-corrected chi connectivity index (χ3v) is 3.35. The quantitative estimate of drug-likeness (QED) is 0.929. The Bertz CT molecular complexity index is 530.